The number of nitrogens with zero attached hydrogens (tertiary/aromatic N) is 1. The van der Waals surface area contributed by atoms with Crippen LogP contribution in [0.4, 0.5) is 13.2 Å². The molecule has 1 heterocycles. The van der Waals surface area contributed by atoms with Gasteiger partial charge >= 0.3 is 5.51 Å². The van der Waals surface area contributed by atoms with Gasteiger partial charge in [-0.3, -0.25) is 4.90 Å². The standard InChI is InChI=1S/C10H18F3NOS/c11-10(12,13)16-8-6-14-5-2-1-3-9(14)4-7-15/h9,15H,1-8H2. The summed E-state index contributed by atoms with van der Waals surface area (Å²) in [5.74, 6) is 0.0887. The van der Waals surface area contributed by atoms with E-state index in [0.717, 1.165) is 25.8 Å². The fraction of sp³-hybridized carbons (Fsp3) is 1.00. The lowest BCUT2D eigenvalue weighted by Crippen LogP contribution is -2.41. The number of hydrogen-bond acceptors (Lipinski definition) is 3. The van der Waals surface area contributed by atoms with E-state index < -0.39 is 5.51 Å². The molecule has 0 aromatic heterocycles. The molecule has 0 aromatic carbocycles. The highest BCUT2D eigenvalue weighted by molar-refractivity contribution is 8.00. The lowest BCUT2D eigenvalue weighted by Gasteiger charge is -2.35. The third-order valence-electron chi connectivity index (χ3n) is 2.86. The van der Waals surface area contributed by atoms with Crippen LogP contribution >= 0.6 is 11.8 Å². The Balaban J connectivity index is 2.27. The number of aliphatic hydroxyl groups is 1. The Morgan fingerprint density at radius 2 is 2.06 bits per heavy atom. The highest BCUT2D eigenvalue weighted by Gasteiger charge is 2.29. The van der Waals surface area contributed by atoms with Crippen molar-refractivity contribution in [2.75, 3.05) is 25.4 Å². The number of alkyl halides is 3. The minimum Gasteiger partial charge on any atom is -0.396 e. The fourth-order valence-electron chi connectivity index (χ4n) is 2.11. The maximum Gasteiger partial charge on any atom is 0.441 e. The average Bonchev–Trinajstić information content (AvgIpc) is 2.19. The van der Waals surface area contributed by atoms with Crippen molar-refractivity contribution in [3.05, 3.63) is 0 Å². The molecule has 0 bridgehead atoms. The number of piperidine rings is 1. The van der Waals surface area contributed by atoms with Crippen molar-refractivity contribution in [3.63, 3.8) is 0 Å². The monoisotopic (exact) mass is 257 g/mol. The van der Waals surface area contributed by atoms with Gasteiger partial charge in [0.1, 0.15) is 0 Å². The third kappa shape index (κ3) is 5.41. The van der Waals surface area contributed by atoms with Gasteiger partial charge in [0.05, 0.1) is 0 Å². The Morgan fingerprint density at radius 1 is 1.31 bits per heavy atom. The van der Waals surface area contributed by atoms with Gasteiger partial charge in [0.15, 0.2) is 0 Å². The van der Waals surface area contributed by atoms with Crippen LogP contribution in [0.3, 0.4) is 0 Å². The van der Waals surface area contributed by atoms with Crippen LogP contribution in [-0.4, -0.2) is 47.0 Å². The largest absolute Gasteiger partial charge is 0.441 e. The molecule has 0 radical (unpaired) electrons. The second-order valence-corrected chi connectivity index (χ2v) is 5.15. The minimum absolute atomic E-state index is 0.0432. The lowest BCUT2D eigenvalue weighted by molar-refractivity contribution is -0.0329. The summed E-state index contributed by atoms with van der Waals surface area (Å²) in [5, 5.41) is 8.88. The summed E-state index contributed by atoms with van der Waals surface area (Å²) >= 11 is 0.0432. The summed E-state index contributed by atoms with van der Waals surface area (Å²) in [6.45, 7) is 1.45. The van der Waals surface area contributed by atoms with Crippen molar-refractivity contribution in [2.24, 2.45) is 0 Å². The van der Waals surface area contributed by atoms with Crippen LogP contribution in [0.1, 0.15) is 25.7 Å². The number of rotatable bonds is 5. The van der Waals surface area contributed by atoms with Crippen molar-refractivity contribution < 1.29 is 18.3 Å². The highest BCUT2D eigenvalue weighted by Crippen LogP contribution is 2.30. The topological polar surface area (TPSA) is 23.5 Å². The molecule has 0 aliphatic carbocycles. The second kappa shape index (κ2) is 6.71. The van der Waals surface area contributed by atoms with Gasteiger partial charge in [0.25, 0.3) is 0 Å². The van der Waals surface area contributed by atoms with Crippen LogP contribution in [0.2, 0.25) is 0 Å². The summed E-state index contributed by atoms with van der Waals surface area (Å²) < 4.78 is 35.9. The van der Waals surface area contributed by atoms with Gasteiger partial charge in [-0.15, -0.1) is 0 Å². The van der Waals surface area contributed by atoms with Crippen LogP contribution in [-0.2, 0) is 0 Å². The van der Waals surface area contributed by atoms with Gasteiger partial charge in [0.2, 0.25) is 0 Å². The molecule has 1 N–H and O–H groups in total. The van der Waals surface area contributed by atoms with E-state index in [2.05, 4.69) is 4.90 Å². The average molecular weight is 257 g/mol. The molecular weight excluding hydrogens is 239 g/mol. The summed E-state index contributed by atoms with van der Waals surface area (Å²) in [5.41, 5.74) is -4.12. The summed E-state index contributed by atoms with van der Waals surface area (Å²) in [4.78, 5) is 2.08. The second-order valence-electron chi connectivity index (χ2n) is 3.99. The molecular formula is C10H18F3NOS. The maximum atomic E-state index is 12.0. The van der Waals surface area contributed by atoms with E-state index in [9.17, 15) is 13.2 Å². The number of halogens is 3. The molecule has 0 saturated carbocycles. The molecule has 6 heteroatoms. The van der Waals surface area contributed by atoms with Gasteiger partial charge in [-0.05, 0) is 37.6 Å². The van der Waals surface area contributed by atoms with E-state index in [0.29, 0.717) is 13.0 Å². The van der Waals surface area contributed by atoms with Gasteiger partial charge in [0, 0.05) is 24.9 Å². The molecule has 0 aromatic rings. The van der Waals surface area contributed by atoms with E-state index in [4.69, 9.17) is 5.11 Å². The molecule has 1 aliphatic heterocycles. The van der Waals surface area contributed by atoms with Crippen LogP contribution in [0, 0.1) is 0 Å². The molecule has 1 unspecified atom stereocenters. The van der Waals surface area contributed by atoms with Crippen molar-refractivity contribution >= 4 is 11.8 Å². The molecule has 2 nitrogen and oxygen atoms in total. The number of aliphatic hydroxyl groups excluding tert-OH is 1. The normalized spacial score (nSPS) is 23.6. The smallest absolute Gasteiger partial charge is 0.396 e. The summed E-state index contributed by atoms with van der Waals surface area (Å²) in [6, 6.07) is 0.271. The molecule has 1 fully saturated rings. The van der Waals surface area contributed by atoms with Gasteiger partial charge in [-0.2, -0.15) is 13.2 Å². The molecule has 16 heavy (non-hydrogen) atoms. The summed E-state index contributed by atoms with van der Waals surface area (Å²) in [7, 11) is 0. The van der Waals surface area contributed by atoms with Gasteiger partial charge in [-0.1, -0.05) is 6.42 Å². The quantitative estimate of drug-likeness (QED) is 0.818. The van der Waals surface area contributed by atoms with E-state index in [1.807, 2.05) is 0 Å². The molecule has 1 rings (SSSR count). The number of likely N-dealkylation sites (tertiary alicyclic amines) is 1. The predicted octanol–water partition coefficient (Wildman–Crippen LogP) is 2.48. The first-order valence-corrected chi connectivity index (χ1v) is 6.57. The van der Waals surface area contributed by atoms with Gasteiger partial charge in [-0.25, -0.2) is 0 Å². The van der Waals surface area contributed by atoms with E-state index >= 15 is 0 Å². The maximum absolute atomic E-state index is 12.0. The molecule has 1 saturated heterocycles. The van der Waals surface area contributed by atoms with E-state index in [1.165, 1.54) is 0 Å². The zero-order valence-electron chi connectivity index (χ0n) is 9.17. The highest BCUT2D eigenvalue weighted by atomic mass is 32.2. The minimum atomic E-state index is -4.12. The van der Waals surface area contributed by atoms with Crippen LogP contribution in [0.5, 0.6) is 0 Å². The molecule has 1 aliphatic rings. The first kappa shape index (κ1) is 14.1. The van der Waals surface area contributed by atoms with Gasteiger partial charge < -0.3 is 5.11 Å². The first-order chi connectivity index (χ1) is 7.53. The Morgan fingerprint density at radius 3 is 2.69 bits per heavy atom. The van der Waals surface area contributed by atoms with Crippen molar-refractivity contribution in [1.82, 2.24) is 4.90 Å². The van der Waals surface area contributed by atoms with Crippen molar-refractivity contribution in [3.8, 4) is 0 Å². The Labute approximate surface area is 98.2 Å². The van der Waals surface area contributed by atoms with Crippen LogP contribution in [0.15, 0.2) is 0 Å². The van der Waals surface area contributed by atoms with Crippen LogP contribution < -0.4 is 0 Å². The Kier molecular flexibility index (Phi) is 5.92. The van der Waals surface area contributed by atoms with Crippen molar-refractivity contribution in [1.29, 1.82) is 0 Å². The molecule has 96 valence electrons. The van der Waals surface area contributed by atoms with Crippen molar-refractivity contribution in [2.45, 2.75) is 37.2 Å². The zero-order chi connectivity index (χ0) is 12.0. The van der Waals surface area contributed by atoms with E-state index in [-0.39, 0.29) is 30.2 Å². The van der Waals surface area contributed by atoms with E-state index in [1.54, 1.807) is 0 Å². The lowest BCUT2D eigenvalue weighted by atomic mass is 10.00. The SMILES string of the molecule is OCCC1CCCCN1CCSC(F)(F)F. The zero-order valence-corrected chi connectivity index (χ0v) is 9.99. The molecule has 0 amide bonds. The summed E-state index contributed by atoms with van der Waals surface area (Å²) in [6.07, 6.45) is 3.85. The third-order valence-corrected chi connectivity index (χ3v) is 3.57. The number of thioether (sulfide) groups is 1. The predicted molar refractivity (Wildman–Crippen MR) is 59.4 cm³/mol. The Bertz CT molecular complexity index is 199. The Hall–Kier alpha value is 0.0600. The molecule has 0 spiro atoms. The molecule has 1 atom stereocenters. The first-order valence-electron chi connectivity index (χ1n) is 5.58. The fourth-order valence-corrected chi connectivity index (χ4v) is 2.67. The number of hydrogen-bond donors (Lipinski definition) is 1. The van der Waals surface area contributed by atoms with Crippen LogP contribution in [0.25, 0.3) is 0 Å².